The molecule has 0 radical (unpaired) electrons. The van der Waals surface area contributed by atoms with Crippen LogP contribution in [0.4, 0.5) is 5.69 Å². The number of hydrogen-bond acceptors (Lipinski definition) is 5. The molecule has 2 aromatic rings. The van der Waals surface area contributed by atoms with Gasteiger partial charge in [0.15, 0.2) is 0 Å². The van der Waals surface area contributed by atoms with Crippen molar-refractivity contribution in [2.24, 2.45) is 0 Å². The number of ether oxygens (including phenoxy) is 1. The maximum Gasteiger partial charge on any atom is 0.307 e. The van der Waals surface area contributed by atoms with E-state index in [0.29, 0.717) is 16.8 Å². The lowest BCUT2D eigenvalue weighted by Crippen LogP contribution is -2.30. The second kappa shape index (κ2) is 7.50. The van der Waals surface area contributed by atoms with Gasteiger partial charge in [0, 0.05) is 5.69 Å². The molecule has 27 heavy (non-hydrogen) atoms. The minimum absolute atomic E-state index is 0.0414. The van der Waals surface area contributed by atoms with Gasteiger partial charge in [0.2, 0.25) is 15.9 Å². The van der Waals surface area contributed by atoms with Crippen LogP contribution in [0, 0.1) is 6.92 Å². The molecule has 0 fully saturated rings. The van der Waals surface area contributed by atoms with E-state index in [1.54, 1.807) is 18.2 Å². The first-order valence-electron chi connectivity index (χ1n) is 8.37. The average molecular weight is 388 g/mol. The first kappa shape index (κ1) is 19.1. The lowest BCUT2D eigenvalue weighted by atomic mass is 10.0. The molecule has 1 amide bonds. The molecule has 2 N–H and O–H groups in total. The van der Waals surface area contributed by atoms with Crippen LogP contribution in [0.25, 0.3) is 0 Å². The van der Waals surface area contributed by atoms with Crippen LogP contribution in [-0.4, -0.2) is 27.4 Å². The summed E-state index contributed by atoms with van der Waals surface area (Å²) in [5.41, 5.74) is 2.92. The Morgan fingerprint density at radius 1 is 1.22 bits per heavy atom. The first-order chi connectivity index (χ1) is 12.8. The van der Waals surface area contributed by atoms with Crippen molar-refractivity contribution in [2.45, 2.75) is 30.7 Å². The van der Waals surface area contributed by atoms with E-state index in [1.807, 2.05) is 19.1 Å². The highest BCUT2D eigenvalue weighted by Gasteiger charge is 2.26. The molecule has 1 atom stereocenters. The van der Waals surface area contributed by atoms with E-state index < -0.39 is 22.0 Å². The number of carbonyl (C=O) groups excluding carboxylic acids is 2. The smallest absolute Gasteiger partial charge is 0.307 e. The van der Waals surface area contributed by atoms with Crippen LogP contribution in [0.3, 0.4) is 0 Å². The number of benzene rings is 2. The Kier molecular flexibility index (Phi) is 5.29. The van der Waals surface area contributed by atoms with Crippen molar-refractivity contribution in [1.82, 2.24) is 4.72 Å². The normalized spacial score (nSPS) is 14.4. The zero-order valence-corrected chi connectivity index (χ0v) is 15.8. The van der Waals surface area contributed by atoms with Gasteiger partial charge in [-0.3, -0.25) is 9.59 Å². The predicted molar refractivity (Wildman–Crippen MR) is 99.7 cm³/mol. The van der Waals surface area contributed by atoms with E-state index in [-0.39, 0.29) is 23.6 Å². The molecule has 7 nitrogen and oxygen atoms in total. The Morgan fingerprint density at radius 3 is 2.59 bits per heavy atom. The molecule has 2 aromatic carbocycles. The second-order valence-electron chi connectivity index (χ2n) is 6.41. The number of carbonyl (C=O) groups is 2. The van der Waals surface area contributed by atoms with E-state index in [4.69, 9.17) is 4.74 Å². The van der Waals surface area contributed by atoms with E-state index in [2.05, 4.69) is 10.0 Å². The summed E-state index contributed by atoms with van der Waals surface area (Å²) in [7, 11) is -2.65. The highest BCUT2D eigenvalue weighted by atomic mass is 32.2. The van der Waals surface area contributed by atoms with E-state index in [1.165, 1.54) is 19.2 Å². The van der Waals surface area contributed by atoms with Crippen molar-refractivity contribution in [3.05, 3.63) is 59.2 Å². The van der Waals surface area contributed by atoms with Gasteiger partial charge in [0.05, 0.1) is 30.9 Å². The number of fused-ring (bicyclic) bond motifs is 1. The molecule has 0 bridgehead atoms. The van der Waals surface area contributed by atoms with Gasteiger partial charge < -0.3 is 10.1 Å². The van der Waals surface area contributed by atoms with Gasteiger partial charge in [-0.2, -0.15) is 0 Å². The number of methoxy groups -OCH3 is 1. The number of rotatable bonds is 6. The number of sulfonamides is 1. The predicted octanol–water partition coefficient (Wildman–Crippen LogP) is 2.07. The van der Waals surface area contributed by atoms with Crippen LogP contribution in [0.15, 0.2) is 47.4 Å². The third-order valence-corrected chi connectivity index (χ3v) is 5.86. The molecule has 1 aliphatic rings. The van der Waals surface area contributed by atoms with Crippen LogP contribution in [-0.2, 0) is 30.8 Å². The van der Waals surface area contributed by atoms with Crippen LogP contribution in [0.1, 0.15) is 29.2 Å². The maximum absolute atomic E-state index is 12.9. The maximum atomic E-state index is 12.9. The average Bonchev–Trinajstić information content (AvgIpc) is 3.00. The summed E-state index contributed by atoms with van der Waals surface area (Å²) in [5, 5.41) is 2.67. The van der Waals surface area contributed by atoms with Gasteiger partial charge >= 0.3 is 5.97 Å². The fraction of sp³-hybridized carbons (Fsp3) is 0.263. The molecular formula is C19H20N2O5S. The summed E-state index contributed by atoms with van der Waals surface area (Å²) in [6.45, 7) is 1.92. The number of esters is 1. The minimum atomic E-state index is -3.91. The summed E-state index contributed by atoms with van der Waals surface area (Å²) in [6.07, 6.45) is 0.00597. The van der Waals surface area contributed by atoms with Crippen LogP contribution in [0.2, 0.25) is 0 Å². The van der Waals surface area contributed by atoms with Crippen molar-refractivity contribution in [3.63, 3.8) is 0 Å². The summed E-state index contributed by atoms with van der Waals surface area (Å²) in [6, 6.07) is 10.9. The Bertz CT molecular complexity index is 984. The molecule has 0 spiro atoms. The van der Waals surface area contributed by atoms with E-state index in [9.17, 15) is 18.0 Å². The molecule has 8 heteroatoms. The van der Waals surface area contributed by atoms with Crippen molar-refractivity contribution >= 4 is 27.6 Å². The van der Waals surface area contributed by atoms with Gasteiger partial charge in [-0.15, -0.1) is 0 Å². The SMILES string of the molecule is COC(=O)C[C@H](NS(=O)(=O)c1ccc2c(c1)CC(=O)N2)c1ccc(C)cc1. The van der Waals surface area contributed by atoms with Crippen LogP contribution < -0.4 is 10.0 Å². The van der Waals surface area contributed by atoms with Gasteiger partial charge in [-0.05, 0) is 36.2 Å². The zero-order chi connectivity index (χ0) is 19.6. The molecule has 0 saturated heterocycles. The van der Waals surface area contributed by atoms with Gasteiger partial charge in [0.25, 0.3) is 0 Å². The van der Waals surface area contributed by atoms with Crippen LogP contribution in [0.5, 0.6) is 0 Å². The standard InChI is InChI=1S/C19H20N2O5S/c1-12-3-5-13(6-4-12)17(11-19(23)26-2)21-27(24,25)15-7-8-16-14(9-15)10-18(22)20-16/h3-9,17,21H,10-11H2,1-2H3,(H,20,22)/t17-/m0/s1. The molecule has 0 saturated carbocycles. The largest absolute Gasteiger partial charge is 0.469 e. The Hall–Kier alpha value is -2.71. The van der Waals surface area contributed by atoms with Crippen molar-refractivity contribution in [3.8, 4) is 0 Å². The van der Waals surface area contributed by atoms with Gasteiger partial charge in [-0.25, -0.2) is 13.1 Å². The number of amides is 1. The third kappa shape index (κ3) is 4.35. The Balaban J connectivity index is 1.90. The number of hydrogen-bond donors (Lipinski definition) is 2. The highest BCUT2D eigenvalue weighted by molar-refractivity contribution is 7.89. The Labute approximate surface area is 157 Å². The van der Waals surface area contributed by atoms with Crippen molar-refractivity contribution < 1.29 is 22.7 Å². The molecule has 0 aliphatic carbocycles. The number of aryl methyl sites for hydroxylation is 1. The van der Waals surface area contributed by atoms with Crippen molar-refractivity contribution in [1.29, 1.82) is 0 Å². The molecular weight excluding hydrogens is 368 g/mol. The first-order valence-corrected chi connectivity index (χ1v) is 9.85. The topological polar surface area (TPSA) is 102 Å². The lowest BCUT2D eigenvalue weighted by Gasteiger charge is -2.19. The van der Waals surface area contributed by atoms with Crippen LogP contribution >= 0.6 is 0 Å². The fourth-order valence-corrected chi connectivity index (χ4v) is 4.18. The quantitative estimate of drug-likeness (QED) is 0.738. The molecule has 1 aliphatic heterocycles. The summed E-state index contributed by atoms with van der Waals surface area (Å²) in [4.78, 5) is 23.3. The zero-order valence-electron chi connectivity index (χ0n) is 15.0. The van der Waals surface area contributed by atoms with Crippen molar-refractivity contribution in [2.75, 3.05) is 12.4 Å². The molecule has 0 unspecified atom stereocenters. The van der Waals surface area contributed by atoms with E-state index >= 15 is 0 Å². The summed E-state index contributed by atoms with van der Waals surface area (Å²) in [5.74, 6) is -0.692. The lowest BCUT2D eigenvalue weighted by molar-refractivity contribution is -0.141. The number of nitrogens with one attached hydrogen (secondary N) is 2. The third-order valence-electron chi connectivity index (χ3n) is 4.39. The summed E-state index contributed by atoms with van der Waals surface area (Å²) < 4.78 is 33.0. The Morgan fingerprint density at radius 2 is 1.93 bits per heavy atom. The fourth-order valence-electron chi connectivity index (χ4n) is 2.90. The molecule has 142 valence electrons. The van der Waals surface area contributed by atoms with E-state index in [0.717, 1.165) is 5.56 Å². The summed E-state index contributed by atoms with van der Waals surface area (Å²) >= 11 is 0. The minimum Gasteiger partial charge on any atom is -0.469 e. The molecule has 3 rings (SSSR count). The number of anilines is 1. The van der Waals surface area contributed by atoms with Gasteiger partial charge in [0.1, 0.15) is 0 Å². The monoisotopic (exact) mass is 388 g/mol. The molecule has 1 heterocycles. The second-order valence-corrected chi connectivity index (χ2v) is 8.12. The van der Waals surface area contributed by atoms with Gasteiger partial charge in [-0.1, -0.05) is 29.8 Å². The molecule has 0 aromatic heterocycles. The highest BCUT2D eigenvalue weighted by Crippen LogP contribution is 2.27.